The number of Topliss-reactive ketones (excluding diaryl/α,β-unsaturated/α-hetero) is 1. The topological polar surface area (TPSA) is 83.5 Å². The minimum Gasteiger partial charge on any atom is -0.497 e. The van der Waals surface area contributed by atoms with E-state index in [4.69, 9.17) is 24.0 Å². The molecular weight excluding hydrogens is 376 g/mol. The summed E-state index contributed by atoms with van der Waals surface area (Å²) in [6, 6.07) is 14.6. The van der Waals surface area contributed by atoms with Crippen LogP contribution in [-0.2, 0) is 24.9 Å². The van der Waals surface area contributed by atoms with E-state index in [1.807, 2.05) is 24.3 Å². The molecule has 2 unspecified atom stereocenters. The van der Waals surface area contributed by atoms with Crippen LogP contribution in [0.4, 0.5) is 0 Å². The number of hydrogen-bond donors (Lipinski definition) is 1. The number of rotatable bonds is 7. The summed E-state index contributed by atoms with van der Waals surface area (Å²) in [4.78, 5) is 23.6. The molecule has 3 rings (SSSR count). The lowest BCUT2D eigenvalue weighted by Gasteiger charge is -2.46. The van der Waals surface area contributed by atoms with Gasteiger partial charge in [0, 0.05) is 13.0 Å². The average Bonchev–Trinajstić information content (AvgIpc) is 2.74. The van der Waals surface area contributed by atoms with Gasteiger partial charge in [0.15, 0.2) is 5.60 Å². The fourth-order valence-corrected chi connectivity index (χ4v) is 3.59. The van der Waals surface area contributed by atoms with E-state index in [0.717, 1.165) is 11.1 Å². The Morgan fingerprint density at radius 1 is 1.00 bits per heavy atom. The van der Waals surface area contributed by atoms with Crippen LogP contribution in [0, 0.1) is 5.92 Å². The van der Waals surface area contributed by atoms with Gasteiger partial charge < -0.3 is 19.3 Å². The van der Waals surface area contributed by atoms with E-state index in [-0.39, 0.29) is 18.8 Å². The standard InChI is InChI=1S/C22H26O7/c1-5-27-22(24)20(15(2)23)14-21(28-29-22,16-6-10-18(25-3)11-7-16)17-8-12-19(26-4)13-9-17/h6-13,20,24H,5,14H2,1-4H3. The molecule has 1 heterocycles. The van der Waals surface area contributed by atoms with Crippen molar-refractivity contribution in [3.63, 3.8) is 0 Å². The third kappa shape index (κ3) is 4.00. The van der Waals surface area contributed by atoms with Crippen molar-refractivity contribution in [3.05, 3.63) is 59.7 Å². The Balaban J connectivity index is 2.11. The van der Waals surface area contributed by atoms with Crippen molar-refractivity contribution in [2.24, 2.45) is 5.92 Å². The average molecular weight is 402 g/mol. The van der Waals surface area contributed by atoms with Gasteiger partial charge in [0.25, 0.3) is 0 Å². The maximum Gasteiger partial charge on any atom is 0.319 e. The summed E-state index contributed by atoms with van der Waals surface area (Å²) < 4.78 is 15.8. The quantitative estimate of drug-likeness (QED) is 0.562. The van der Waals surface area contributed by atoms with Gasteiger partial charge in [-0.15, -0.1) is 0 Å². The monoisotopic (exact) mass is 402 g/mol. The minimum atomic E-state index is -2.15. The first kappa shape index (κ1) is 21.3. The van der Waals surface area contributed by atoms with E-state index >= 15 is 0 Å². The first-order chi connectivity index (χ1) is 13.9. The molecule has 156 valence electrons. The van der Waals surface area contributed by atoms with Crippen molar-refractivity contribution in [2.75, 3.05) is 20.8 Å². The van der Waals surface area contributed by atoms with Crippen LogP contribution in [0.3, 0.4) is 0 Å². The molecule has 0 radical (unpaired) electrons. The summed E-state index contributed by atoms with van der Waals surface area (Å²) in [7, 11) is 3.17. The maximum atomic E-state index is 12.4. The van der Waals surface area contributed by atoms with Crippen molar-refractivity contribution in [2.45, 2.75) is 31.8 Å². The second-order valence-electron chi connectivity index (χ2n) is 6.88. The summed E-state index contributed by atoms with van der Waals surface area (Å²) in [5, 5.41) is 10.8. The van der Waals surface area contributed by atoms with E-state index in [2.05, 4.69) is 0 Å². The van der Waals surface area contributed by atoms with Crippen LogP contribution in [0.25, 0.3) is 0 Å². The highest BCUT2D eigenvalue weighted by atomic mass is 17.3. The molecule has 0 amide bonds. The predicted molar refractivity (Wildman–Crippen MR) is 104 cm³/mol. The third-order valence-corrected chi connectivity index (χ3v) is 5.19. The lowest BCUT2D eigenvalue weighted by atomic mass is 9.76. The summed E-state index contributed by atoms with van der Waals surface area (Å²) in [5.41, 5.74) is 0.347. The van der Waals surface area contributed by atoms with Gasteiger partial charge in [-0.1, -0.05) is 24.3 Å². The Hall–Kier alpha value is -2.45. The van der Waals surface area contributed by atoms with E-state index in [0.29, 0.717) is 11.5 Å². The third-order valence-electron chi connectivity index (χ3n) is 5.19. The number of ketones is 1. The van der Waals surface area contributed by atoms with Gasteiger partial charge in [-0.2, -0.15) is 4.89 Å². The van der Waals surface area contributed by atoms with Crippen molar-refractivity contribution < 1.29 is 33.9 Å². The molecule has 7 nitrogen and oxygen atoms in total. The number of hydrogen-bond acceptors (Lipinski definition) is 7. The molecule has 7 heteroatoms. The zero-order valence-electron chi connectivity index (χ0n) is 17.0. The fraction of sp³-hybridized carbons (Fsp3) is 0.409. The molecule has 2 aromatic rings. The van der Waals surface area contributed by atoms with Gasteiger partial charge in [-0.25, -0.2) is 4.89 Å². The zero-order valence-corrected chi connectivity index (χ0v) is 17.0. The molecule has 0 aliphatic carbocycles. The summed E-state index contributed by atoms with van der Waals surface area (Å²) in [6.45, 7) is 3.26. The Kier molecular flexibility index (Phi) is 6.24. The van der Waals surface area contributed by atoms with Crippen molar-refractivity contribution in [1.82, 2.24) is 0 Å². The van der Waals surface area contributed by atoms with Gasteiger partial charge in [0.1, 0.15) is 23.2 Å². The maximum absolute atomic E-state index is 12.4. The molecule has 1 N–H and O–H groups in total. The van der Waals surface area contributed by atoms with E-state index in [1.54, 1.807) is 45.4 Å². The van der Waals surface area contributed by atoms with Crippen LogP contribution >= 0.6 is 0 Å². The van der Waals surface area contributed by atoms with Gasteiger partial charge in [-0.05, 0) is 49.2 Å². The number of carbonyl (C=O) groups is 1. The highest BCUT2D eigenvalue weighted by molar-refractivity contribution is 5.79. The summed E-state index contributed by atoms with van der Waals surface area (Å²) in [5.74, 6) is -2.01. The van der Waals surface area contributed by atoms with Gasteiger partial charge in [0.2, 0.25) is 0 Å². The van der Waals surface area contributed by atoms with Crippen LogP contribution in [0.1, 0.15) is 31.4 Å². The molecule has 0 aromatic heterocycles. The predicted octanol–water partition coefficient (Wildman–Crippen LogP) is 3.19. The molecule has 0 bridgehead atoms. The molecular formula is C22H26O7. The minimum absolute atomic E-state index is 0.123. The van der Waals surface area contributed by atoms with Crippen LogP contribution in [0.15, 0.2) is 48.5 Å². The molecule has 1 fully saturated rings. The molecule has 0 spiro atoms. The zero-order chi connectivity index (χ0) is 21.1. The lowest BCUT2D eigenvalue weighted by Crippen LogP contribution is -2.56. The number of aliphatic hydroxyl groups is 1. The van der Waals surface area contributed by atoms with Gasteiger partial charge in [-0.3, -0.25) is 4.79 Å². The molecule has 1 saturated heterocycles. The number of benzene rings is 2. The second-order valence-corrected chi connectivity index (χ2v) is 6.88. The van der Waals surface area contributed by atoms with E-state index in [9.17, 15) is 9.90 Å². The Labute approximate surface area is 170 Å². The molecule has 0 saturated carbocycles. The first-order valence-corrected chi connectivity index (χ1v) is 9.41. The number of ether oxygens (including phenoxy) is 3. The molecule has 2 aromatic carbocycles. The highest BCUT2D eigenvalue weighted by Gasteiger charge is 2.56. The number of carbonyl (C=O) groups excluding carboxylic acids is 1. The van der Waals surface area contributed by atoms with Crippen molar-refractivity contribution in [1.29, 1.82) is 0 Å². The highest BCUT2D eigenvalue weighted by Crippen LogP contribution is 2.48. The Morgan fingerprint density at radius 2 is 1.48 bits per heavy atom. The first-order valence-electron chi connectivity index (χ1n) is 9.41. The second kappa shape index (κ2) is 8.51. The lowest BCUT2D eigenvalue weighted by molar-refractivity contribution is -0.555. The van der Waals surface area contributed by atoms with E-state index in [1.165, 1.54) is 6.92 Å². The number of methoxy groups -OCH3 is 2. The SMILES string of the molecule is CCOC1(O)OOC(c2ccc(OC)cc2)(c2ccc(OC)cc2)CC1C(C)=O. The Bertz CT molecular complexity index is 784. The fourth-order valence-electron chi connectivity index (χ4n) is 3.59. The summed E-state index contributed by atoms with van der Waals surface area (Å²) >= 11 is 0. The van der Waals surface area contributed by atoms with E-state index < -0.39 is 17.5 Å². The smallest absolute Gasteiger partial charge is 0.319 e. The molecule has 29 heavy (non-hydrogen) atoms. The van der Waals surface area contributed by atoms with Gasteiger partial charge >= 0.3 is 5.97 Å². The van der Waals surface area contributed by atoms with Crippen LogP contribution in [0.5, 0.6) is 11.5 Å². The molecule has 1 aliphatic rings. The van der Waals surface area contributed by atoms with Crippen LogP contribution in [-0.4, -0.2) is 37.7 Å². The van der Waals surface area contributed by atoms with Crippen molar-refractivity contribution in [3.8, 4) is 11.5 Å². The normalized spacial score (nSPS) is 23.4. The largest absolute Gasteiger partial charge is 0.497 e. The van der Waals surface area contributed by atoms with Gasteiger partial charge in [0.05, 0.1) is 14.2 Å². The van der Waals surface area contributed by atoms with Crippen LogP contribution in [0.2, 0.25) is 0 Å². The Morgan fingerprint density at radius 3 is 1.86 bits per heavy atom. The summed E-state index contributed by atoms with van der Waals surface area (Å²) in [6.07, 6.45) is 0.123. The molecule has 2 atom stereocenters. The van der Waals surface area contributed by atoms with Crippen molar-refractivity contribution >= 4 is 5.78 Å². The van der Waals surface area contributed by atoms with Crippen LogP contribution < -0.4 is 9.47 Å². The molecule has 1 aliphatic heterocycles.